The van der Waals surface area contributed by atoms with Gasteiger partial charge in [0.15, 0.2) is 11.5 Å². The third-order valence-electron chi connectivity index (χ3n) is 4.46. The Labute approximate surface area is 156 Å². The number of aryl methyl sites for hydroxylation is 1. The van der Waals surface area contributed by atoms with Gasteiger partial charge in [0.2, 0.25) is 0 Å². The van der Waals surface area contributed by atoms with E-state index in [1.165, 1.54) is 5.56 Å². The fourth-order valence-corrected chi connectivity index (χ4v) is 3.20. The van der Waals surface area contributed by atoms with Crippen molar-refractivity contribution >= 4 is 34.7 Å². The molecule has 5 nitrogen and oxygen atoms in total. The molecule has 0 bridgehead atoms. The number of halogens is 1. The molecule has 130 valence electrons. The zero-order valence-electron chi connectivity index (χ0n) is 14.2. The maximum Gasteiger partial charge on any atom is 0.278 e. The van der Waals surface area contributed by atoms with Crippen molar-refractivity contribution in [3.05, 3.63) is 76.4 Å². The van der Waals surface area contributed by atoms with Gasteiger partial charge in [0.1, 0.15) is 0 Å². The Morgan fingerprint density at radius 2 is 1.96 bits per heavy atom. The van der Waals surface area contributed by atoms with E-state index in [-0.39, 0.29) is 5.91 Å². The number of aromatic nitrogens is 2. The number of nitrogens with one attached hydrogen (secondary N) is 1. The SMILES string of the molecule is Cc1ccc(Nc2ccc(C(=O)N3CCc4ccccc43)nn2)cc1Cl. The number of para-hydroxylation sites is 1. The van der Waals surface area contributed by atoms with E-state index < -0.39 is 0 Å². The van der Waals surface area contributed by atoms with Gasteiger partial charge in [0.25, 0.3) is 5.91 Å². The molecule has 6 heteroatoms. The van der Waals surface area contributed by atoms with Crippen LogP contribution in [-0.4, -0.2) is 22.6 Å². The lowest BCUT2D eigenvalue weighted by atomic mass is 10.2. The second-order valence-corrected chi connectivity index (χ2v) is 6.64. The van der Waals surface area contributed by atoms with Crippen LogP contribution in [-0.2, 0) is 6.42 Å². The first-order valence-corrected chi connectivity index (χ1v) is 8.76. The zero-order valence-corrected chi connectivity index (χ0v) is 15.0. The number of benzene rings is 2. The first kappa shape index (κ1) is 16.5. The van der Waals surface area contributed by atoms with E-state index in [0.29, 0.717) is 23.1 Å². The van der Waals surface area contributed by atoms with Gasteiger partial charge >= 0.3 is 0 Å². The van der Waals surface area contributed by atoms with Crippen LogP contribution in [0.3, 0.4) is 0 Å². The molecular formula is C20H17ClN4O. The Hall–Kier alpha value is -2.92. The lowest BCUT2D eigenvalue weighted by molar-refractivity contribution is 0.0983. The molecule has 0 spiro atoms. The maximum atomic E-state index is 12.7. The zero-order chi connectivity index (χ0) is 18.1. The van der Waals surface area contributed by atoms with Crippen molar-refractivity contribution < 1.29 is 4.79 Å². The number of carbonyl (C=O) groups excluding carboxylic acids is 1. The molecule has 0 radical (unpaired) electrons. The van der Waals surface area contributed by atoms with Crippen LogP contribution in [0, 0.1) is 6.92 Å². The van der Waals surface area contributed by atoms with E-state index in [1.807, 2.05) is 49.4 Å². The van der Waals surface area contributed by atoms with Gasteiger partial charge in [-0.15, -0.1) is 10.2 Å². The van der Waals surface area contributed by atoms with E-state index in [9.17, 15) is 4.79 Å². The molecule has 1 aliphatic heterocycles. The molecule has 0 unspecified atom stereocenters. The molecule has 0 saturated carbocycles. The summed E-state index contributed by atoms with van der Waals surface area (Å²) in [6.45, 7) is 2.62. The van der Waals surface area contributed by atoms with Crippen molar-refractivity contribution in [2.24, 2.45) is 0 Å². The highest BCUT2D eigenvalue weighted by atomic mass is 35.5. The number of carbonyl (C=O) groups is 1. The highest BCUT2D eigenvalue weighted by Crippen LogP contribution is 2.28. The lowest BCUT2D eigenvalue weighted by Crippen LogP contribution is -2.29. The summed E-state index contributed by atoms with van der Waals surface area (Å²) in [6, 6.07) is 17.1. The summed E-state index contributed by atoms with van der Waals surface area (Å²) >= 11 is 6.13. The second-order valence-electron chi connectivity index (χ2n) is 6.23. The highest BCUT2D eigenvalue weighted by Gasteiger charge is 2.26. The molecule has 3 aromatic rings. The predicted molar refractivity (Wildman–Crippen MR) is 103 cm³/mol. The van der Waals surface area contributed by atoms with Crippen LogP contribution in [0.15, 0.2) is 54.6 Å². The first-order valence-electron chi connectivity index (χ1n) is 8.38. The third-order valence-corrected chi connectivity index (χ3v) is 4.87. The number of fused-ring (bicyclic) bond motifs is 1. The minimum absolute atomic E-state index is 0.132. The van der Waals surface area contributed by atoms with Crippen molar-refractivity contribution in [1.82, 2.24) is 10.2 Å². The molecule has 1 aromatic heterocycles. The van der Waals surface area contributed by atoms with Crippen LogP contribution in [0.25, 0.3) is 0 Å². The van der Waals surface area contributed by atoms with Gasteiger partial charge in [-0.25, -0.2) is 0 Å². The van der Waals surface area contributed by atoms with Crippen molar-refractivity contribution in [3.63, 3.8) is 0 Å². The average Bonchev–Trinajstić information content (AvgIpc) is 3.09. The Morgan fingerprint density at radius 3 is 2.73 bits per heavy atom. The van der Waals surface area contributed by atoms with Crippen LogP contribution in [0.2, 0.25) is 5.02 Å². The first-order chi connectivity index (χ1) is 12.6. The molecule has 4 rings (SSSR count). The number of nitrogens with zero attached hydrogens (tertiary/aromatic N) is 3. The molecule has 2 heterocycles. The number of hydrogen-bond donors (Lipinski definition) is 1. The molecule has 0 fully saturated rings. The average molecular weight is 365 g/mol. The minimum Gasteiger partial charge on any atom is -0.339 e. The molecule has 1 amide bonds. The highest BCUT2D eigenvalue weighted by molar-refractivity contribution is 6.31. The Morgan fingerprint density at radius 1 is 1.12 bits per heavy atom. The summed E-state index contributed by atoms with van der Waals surface area (Å²) in [6.07, 6.45) is 0.864. The minimum atomic E-state index is -0.132. The Bertz CT molecular complexity index is 972. The van der Waals surface area contributed by atoms with Crippen LogP contribution in [0.1, 0.15) is 21.6 Å². The molecular weight excluding hydrogens is 348 g/mol. The molecule has 0 aliphatic carbocycles. The summed E-state index contributed by atoms with van der Waals surface area (Å²) in [4.78, 5) is 14.5. The van der Waals surface area contributed by atoms with Gasteiger partial charge in [0.05, 0.1) is 0 Å². The lowest BCUT2D eigenvalue weighted by Gasteiger charge is -2.16. The molecule has 1 N–H and O–H groups in total. The van der Waals surface area contributed by atoms with Gasteiger partial charge in [-0.05, 0) is 54.8 Å². The van der Waals surface area contributed by atoms with Gasteiger partial charge < -0.3 is 10.2 Å². The number of hydrogen-bond acceptors (Lipinski definition) is 4. The Balaban J connectivity index is 1.51. The van der Waals surface area contributed by atoms with Gasteiger partial charge in [-0.3, -0.25) is 4.79 Å². The summed E-state index contributed by atoms with van der Waals surface area (Å²) in [5.74, 6) is 0.427. The van der Waals surface area contributed by atoms with Gasteiger partial charge in [-0.2, -0.15) is 0 Å². The van der Waals surface area contributed by atoms with E-state index in [2.05, 4.69) is 15.5 Å². The number of amides is 1. The van der Waals surface area contributed by atoms with E-state index in [4.69, 9.17) is 11.6 Å². The van der Waals surface area contributed by atoms with Crippen molar-refractivity contribution in [2.75, 3.05) is 16.8 Å². The number of rotatable bonds is 3. The van der Waals surface area contributed by atoms with Gasteiger partial charge in [0, 0.05) is 22.9 Å². The van der Waals surface area contributed by atoms with E-state index in [1.54, 1.807) is 17.0 Å². The molecule has 0 atom stereocenters. The topological polar surface area (TPSA) is 58.1 Å². The quantitative estimate of drug-likeness (QED) is 0.749. The fraction of sp³-hybridized carbons (Fsp3) is 0.150. The normalized spacial score (nSPS) is 12.8. The van der Waals surface area contributed by atoms with Gasteiger partial charge in [-0.1, -0.05) is 35.9 Å². The van der Waals surface area contributed by atoms with E-state index >= 15 is 0 Å². The second kappa shape index (κ2) is 6.77. The largest absolute Gasteiger partial charge is 0.339 e. The van der Waals surface area contributed by atoms with Crippen LogP contribution in [0.4, 0.5) is 17.2 Å². The molecule has 2 aromatic carbocycles. The summed E-state index contributed by atoms with van der Waals surface area (Å²) in [5, 5.41) is 12.0. The standard InChI is InChI=1S/C20H17ClN4O/c1-13-6-7-15(12-16(13)21)22-19-9-8-17(23-24-19)20(26)25-11-10-14-4-2-3-5-18(14)25/h2-9,12H,10-11H2,1H3,(H,22,24). The molecule has 0 saturated heterocycles. The maximum absolute atomic E-state index is 12.7. The summed E-state index contributed by atoms with van der Waals surface area (Å²) < 4.78 is 0. The van der Waals surface area contributed by atoms with Crippen LogP contribution in [0.5, 0.6) is 0 Å². The van der Waals surface area contributed by atoms with E-state index in [0.717, 1.165) is 23.4 Å². The molecule has 26 heavy (non-hydrogen) atoms. The van der Waals surface area contributed by atoms with Crippen molar-refractivity contribution in [2.45, 2.75) is 13.3 Å². The van der Waals surface area contributed by atoms with Crippen LogP contribution >= 0.6 is 11.6 Å². The fourth-order valence-electron chi connectivity index (χ4n) is 3.02. The number of anilines is 3. The summed E-state index contributed by atoms with van der Waals surface area (Å²) in [5.41, 5.74) is 4.30. The Kier molecular flexibility index (Phi) is 4.31. The monoisotopic (exact) mass is 364 g/mol. The summed E-state index contributed by atoms with van der Waals surface area (Å²) in [7, 11) is 0. The van der Waals surface area contributed by atoms with Crippen LogP contribution < -0.4 is 10.2 Å². The third kappa shape index (κ3) is 3.13. The van der Waals surface area contributed by atoms with Crippen molar-refractivity contribution in [1.29, 1.82) is 0 Å². The van der Waals surface area contributed by atoms with Crippen molar-refractivity contribution in [3.8, 4) is 0 Å². The smallest absolute Gasteiger partial charge is 0.278 e. The predicted octanol–water partition coefficient (Wildman–Crippen LogP) is 4.38. The molecule has 1 aliphatic rings.